The predicted octanol–water partition coefficient (Wildman–Crippen LogP) is 2.25. The molecule has 0 saturated heterocycles. The number of carbonyl (C=O) groups excluding carboxylic acids is 1. The van der Waals surface area contributed by atoms with Crippen molar-refractivity contribution in [3.8, 4) is 0 Å². The lowest BCUT2D eigenvalue weighted by Crippen LogP contribution is -2.55. The lowest BCUT2D eigenvalue weighted by Gasteiger charge is -2.42. The number of nitrogens with zero attached hydrogens (tertiary/aromatic N) is 2. The van der Waals surface area contributed by atoms with Gasteiger partial charge in [-0.05, 0) is 50.0 Å². The van der Waals surface area contributed by atoms with Gasteiger partial charge in [-0.15, -0.1) is 11.8 Å². The number of rotatable bonds is 8. The summed E-state index contributed by atoms with van der Waals surface area (Å²) in [6.45, 7) is 0.952. The van der Waals surface area contributed by atoms with Crippen LogP contribution in [0.1, 0.15) is 25.7 Å². The van der Waals surface area contributed by atoms with Crippen molar-refractivity contribution in [3.63, 3.8) is 0 Å². The van der Waals surface area contributed by atoms with E-state index in [1.807, 2.05) is 12.3 Å². The summed E-state index contributed by atoms with van der Waals surface area (Å²) in [7, 11) is 0. The van der Waals surface area contributed by atoms with E-state index in [1.54, 1.807) is 24.0 Å². The third kappa shape index (κ3) is 5.34. The Balaban J connectivity index is 1.42. The van der Waals surface area contributed by atoms with Gasteiger partial charge >= 0.3 is 12.0 Å². The molecule has 2 amide bonds. The Morgan fingerprint density at radius 3 is 2.68 bits per heavy atom. The molecular weight excluding hydrogens is 340 g/mol. The summed E-state index contributed by atoms with van der Waals surface area (Å²) in [5, 5.41) is 14.7. The molecule has 0 aliphatic heterocycles. The third-order valence-electron chi connectivity index (χ3n) is 4.71. The Bertz CT molecular complexity index is 615. The van der Waals surface area contributed by atoms with E-state index in [9.17, 15) is 9.59 Å². The summed E-state index contributed by atoms with van der Waals surface area (Å²) in [4.78, 5) is 30.4. The highest BCUT2D eigenvalue weighted by atomic mass is 32.2. The normalized spacial score (nSPS) is 22.3. The second-order valence-electron chi connectivity index (χ2n) is 6.77. The number of carboxylic acids is 1. The summed E-state index contributed by atoms with van der Waals surface area (Å²) in [5.74, 6) is 0.395. The maximum atomic E-state index is 12.0. The van der Waals surface area contributed by atoms with Crippen molar-refractivity contribution in [2.24, 2.45) is 5.92 Å². The lowest BCUT2D eigenvalue weighted by atomic mass is 9.85. The monoisotopic (exact) mass is 364 g/mol. The van der Waals surface area contributed by atoms with Gasteiger partial charge < -0.3 is 10.4 Å². The minimum Gasteiger partial charge on any atom is -0.480 e. The van der Waals surface area contributed by atoms with E-state index in [0.29, 0.717) is 11.7 Å². The van der Waals surface area contributed by atoms with Crippen LogP contribution in [-0.4, -0.2) is 58.4 Å². The SMILES string of the molecule is CSc1ccc(NC(=O)NC2CC(N(CC(=O)O)CC3CC3)C2)nc1. The maximum Gasteiger partial charge on any atom is 0.320 e. The number of nitrogens with one attached hydrogen (secondary N) is 2. The molecule has 136 valence electrons. The summed E-state index contributed by atoms with van der Waals surface area (Å²) >= 11 is 1.60. The Kier molecular flexibility index (Phi) is 5.80. The zero-order chi connectivity index (χ0) is 17.8. The number of anilines is 1. The highest BCUT2D eigenvalue weighted by Gasteiger charge is 2.37. The maximum absolute atomic E-state index is 12.0. The summed E-state index contributed by atoms with van der Waals surface area (Å²) in [5.41, 5.74) is 0. The molecule has 0 aromatic carbocycles. The number of hydrogen-bond acceptors (Lipinski definition) is 5. The highest BCUT2D eigenvalue weighted by Crippen LogP contribution is 2.33. The highest BCUT2D eigenvalue weighted by molar-refractivity contribution is 7.98. The van der Waals surface area contributed by atoms with Crippen molar-refractivity contribution in [1.82, 2.24) is 15.2 Å². The fourth-order valence-electron chi connectivity index (χ4n) is 3.07. The van der Waals surface area contributed by atoms with Crippen molar-refractivity contribution in [1.29, 1.82) is 0 Å². The second kappa shape index (κ2) is 8.05. The van der Waals surface area contributed by atoms with Gasteiger partial charge in [-0.25, -0.2) is 9.78 Å². The first kappa shape index (κ1) is 18.0. The molecule has 2 saturated carbocycles. The minimum atomic E-state index is -0.783. The van der Waals surface area contributed by atoms with E-state index in [4.69, 9.17) is 5.11 Å². The second-order valence-corrected chi connectivity index (χ2v) is 7.65. The summed E-state index contributed by atoms with van der Waals surface area (Å²) in [6, 6.07) is 3.76. The van der Waals surface area contributed by atoms with Gasteiger partial charge in [0.25, 0.3) is 0 Å². The molecule has 0 spiro atoms. The number of aliphatic carboxylic acids is 1. The molecule has 8 heteroatoms. The first-order valence-electron chi connectivity index (χ1n) is 8.57. The van der Waals surface area contributed by atoms with Crippen LogP contribution in [0.4, 0.5) is 10.6 Å². The van der Waals surface area contributed by atoms with Crippen molar-refractivity contribution >= 4 is 29.6 Å². The topological polar surface area (TPSA) is 94.6 Å². The Hall–Kier alpha value is -1.80. The van der Waals surface area contributed by atoms with Crippen LogP contribution in [-0.2, 0) is 4.79 Å². The fraction of sp³-hybridized carbons (Fsp3) is 0.588. The first-order valence-corrected chi connectivity index (χ1v) is 9.79. The quantitative estimate of drug-likeness (QED) is 0.613. The number of carboxylic acid groups (broad SMARTS) is 1. The molecule has 0 atom stereocenters. The molecule has 0 radical (unpaired) electrons. The van der Waals surface area contributed by atoms with Gasteiger partial charge in [0.15, 0.2) is 0 Å². The van der Waals surface area contributed by atoms with Gasteiger partial charge in [-0.3, -0.25) is 15.0 Å². The molecule has 2 aliphatic carbocycles. The third-order valence-corrected chi connectivity index (χ3v) is 5.42. The van der Waals surface area contributed by atoms with E-state index >= 15 is 0 Å². The van der Waals surface area contributed by atoms with Gasteiger partial charge in [0.1, 0.15) is 5.82 Å². The van der Waals surface area contributed by atoms with Crippen LogP contribution in [0.3, 0.4) is 0 Å². The number of amides is 2. The number of carbonyl (C=O) groups is 2. The molecule has 2 aliphatic rings. The Morgan fingerprint density at radius 2 is 2.12 bits per heavy atom. The van der Waals surface area contributed by atoms with E-state index in [1.165, 1.54) is 12.8 Å². The van der Waals surface area contributed by atoms with Crippen LogP contribution >= 0.6 is 11.8 Å². The number of hydrogen-bond donors (Lipinski definition) is 3. The van der Waals surface area contributed by atoms with Gasteiger partial charge in [-0.1, -0.05) is 0 Å². The van der Waals surface area contributed by atoms with Crippen LogP contribution < -0.4 is 10.6 Å². The average Bonchev–Trinajstić information content (AvgIpc) is 3.34. The molecule has 0 unspecified atom stereocenters. The average molecular weight is 364 g/mol. The van der Waals surface area contributed by atoms with Crippen LogP contribution in [0.25, 0.3) is 0 Å². The largest absolute Gasteiger partial charge is 0.480 e. The van der Waals surface area contributed by atoms with Gasteiger partial charge in [0, 0.05) is 29.7 Å². The first-order chi connectivity index (χ1) is 12.0. The van der Waals surface area contributed by atoms with Crippen molar-refractivity contribution in [2.75, 3.05) is 24.7 Å². The molecule has 3 rings (SSSR count). The van der Waals surface area contributed by atoms with Crippen LogP contribution in [0.5, 0.6) is 0 Å². The predicted molar refractivity (Wildman–Crippen MR) is 96.9 cm³/mol. The van der Waals surface area contributed by atoms with Crippen molar-refractivity contribution in [3.05, 3.63) is 18.3 Å². The summed E-state index contributed by atoms with van der Waals surface area (Å²) < 4.78 is 0. The van der Waals surface area contributed by atoms with E-state index in [-0.39, 0.29) is 24.7 Å². The number of pyridine rings is 1. The molecule has 0 bridgehead atoms. The summed E-state index contributed by atoms with van der Waals surface area (Å²) in [6.07, 6.45) is 7.70. The lowest BCUT2D eigenvalue weighted by molar-refractivity contribution is -0.139. The number of urea groups is 1. The molecule has 25 heavy (non-hydrogen) atoms. The van der Waals surface area contributed by atoms with E-state index in [0.717, 1.165) is 24.3 Å². The minimum absolute atomic E-state index is 0.0889. The Morgan fingerprint density at radius 1 is 1.36 bits per heavy atom. The molecule has 2 fully saturated rings. The molecular formula is C17H24N4O3S. The van der Waals surface area contributed by atoms with Gasteiger partial charge in [0.05, 0.1) is 6.54 Å². The molecule has 1 aromatic rings. The van der Waals surface area contributed by atoms with Crippen molar-refractivity contribution < 1.29 is 14.7 Å². The van der Waals surface area contributed by atoms with Crippen molar-refractivity contribution in [2.45, 2.75) is 42.7 Å². The van der Waals surface area contributed by atoms with Crippen LogP contribution in [0.15, 0.2) is 23.2 Å². The zero-order valence-electron chi connectivity index (χ0n) is 14.3. The van der Waals surface area contributed by atoms with Crippen LogP contribution in [0, 0.1) is 5.92 Å². The van der Waals surface area contributed by atoms with E-state index < -0.39 is 5.97 Å². The standard InChI is InChI=1S/C17H24N4O3S/c1-25-14-4-5-15(18-8-14)20-17(24)19-12-6-13(7-12)21(10-16(22)23)9-11-2-3-11/h4-5,8,11-13H,2-3,6-7,9-10H2,1H3,(H,22,23)(H2,18,19,20,24). The zero-order valence-corrected chi connectivity index (χ0v) is 15.1. The van der Waals surface area contributed by atoms with Gasteiger partial charge in [0.2, 0.25) is 0 Å². The Labute approximate surface area is 151 Å². The number of thioether (sulfide) groups is 1. The molecule has 7 nitrogen and oxygen atoms in total. The van der Waals surface area contributed by atoms with E-state index in [2.05, 4.69) is 20.5 Å². The smallest absolute Gasteiger partial charge is 0.320 e. The van der Waals surface area contributed by atoms with Crippen LogP contribution in [0.2, 0.25) is 0 Å². The van der Waals surface area contributed by atoms with Gasteiger partial charge in [-0.2, -0.15) is 0 Å². The number of aromatic nitrogens is 1. The molecule has 1 heterocycles. The fourth-order valence-corrected chi connectivity index (χ4v) is 3.43. The molecule has 1 aromatic heterocycles. The molecule has 3 N–H and O–H groups in total.